The number of anilines is 1. The Kier molecular flexibility index (Phi) is 6.18. The third kappa shape index (κ3) is 5.11. The molecule has 0 atom stereocenters. The third-order valence-electron chi connectivity index (χ3n) is 4.89. The van der Waals surface area contributed by atoms with Crippen molar-refractivity contribution in [1.82, 2.24) is 4.90 Å². The van der Waals surface area contributed by atoms with Gasteiger partial charge in [0.2, 0.25) is 5.91 Å². The summed E-state index contributed by atoms with van der Waals surface area (Å²) >= 11 is 0. The molecular formula is C19H26N2O4. The van der Waals surface area contributed by atoms with Crippen LogP contribution in [0.1, 0.15) is 36.5 Å². The van der Waals surface area contributed by atoms with E-state index >= 15 is 0 Å². The summed E-state index contributed by atoms with van der Waals surface area (Å²) in [5, 5.41) is 2.88. The highest BCUT2D eigenvalue weighted by Gasteiger charge is 2.30. The lowest BCUT2D eigenvalue weighted by Gasteiger charge is -2.33. The first-order valence-electron chi connectivity index (χ1n) is 8.98. The number of likely N-dealkylation sites (tertiary alicyclic amines) is 1. The van der Waals surface area contributed by atoms with Crippen molar-refractivity contribution in [3.8, 4) is 0 Å². The van der Waals surface area contributed by atoms with E-state index in [1.807, 2.05) is 0 Å². The van der Waals surface area contributed by atoms with Crippen molar-refractivity contribution in [2.75, 3.05) is 38.2 Å². The summed E-state index contributed by atoms with van der Waals surface area (Å²) in [5.41, 5.74) is 1.38. The smallest absolute Gasteiger partial charge is 0.225 e. The van der Waals surface area contributed by atoms with Crippen molar-refractivity contribution in [2.24, 2.45) is 5.92 Å². The summed E-state index contributed by atoms with van der Waals surface area (Å²) in [7, 11) is 0. The van der Waals surface area contributed by atoms with Crippen LogP contribution in [0.4, 0.5) is 5.69 Å². The van der Waals surface area contributed by atoms with Crippen molar-refractivity contribution >= 4 is 17.4 Å². The van der Waals surface area contributed by atoms with Crippen LogP contribution < -0.4 is 5.32 Å². The Hall–Kier alpha value is -1.76. The minimum Gasteiger partial charge on any atom is -0.350 e. The van der Waals surface area contributed by atoms with Gasteiger partial charge in [0.15, 0.2) is 12.1 Å². The molecule has 6 nitrogen and oxygen atoms in total. The molecule has 0 radical (unpaired) electrons. The number of ether oxygens (including phenoxy) is 2. The lowest BCUT2D eigenvalue weighted by Crippen LogP contribution is -2.39. The topological polar surface area (TPSA) is 67.9 Å². The minimum absolute atomic E-state index is 0.000146. The molecule has 1 aromatic rings. The van der Waals surface area contributed by atoms with E-state index in [0.717, 1.165) is 38.2 Å². The Bertz CT molecular complexity index is 588. The molecule has 2 heterocycles. The second kappa shape index (κ2) is 8.56. The summed E-state index contributed by atoms with van der Waals surface area (Å²) < 4.78 is 11.2. The minimum atomic E-state index is -0.0246. The molecule has 2 aliphatic heterocycles. The number of carbonyl (C=O) groups excluding carboxylic acids is 2. The molecule has 1 aromatic carbocycles. The maximum Gasteiger partial charge on any atom is 0.225 e. The molecule has 3 rings (SSSR count). The molecule has 136 valence electrons. The number of hydrogen-bond acceptors (Lipinski definition) is 5. The fourth-order valence-electron chi connectivity index (χ4n) is 3.37. The quantitative estimate of drug-likeness (QED) is 0.801. The average molecular weight is 346 g/mol. The Balaban J connectivity index is 1.37. The molecule has 6 heteroatoms. The average Bonchev–Trinajstić information content (AvgIpc) is 3.15. The Morgan fingerprint density at radius 3 is 2.36 bits per heavy atom. The largest absolute Gasteiger partial charge is 0.350 e. The van der Waals surface area contributed by atoms with E-state index in [4.69, 9.17) is 9.47 Å². The fraction of sp³-hybridized carbons (Fsp3) is 0.579. The first-order chi connectivity index (χ1) is 12.1. The molecule has 1 amide bonds. The number of carbonyl (C=O) groups is 2. The van der Waals surface area contributed by atoms with Crippen LogP contribution in [0, 0.1) is 5.92 Å². The molecule has 0 saturated carbocycles. The van der Waals surface area contributed by atoms with Gasteiger partial charge in [-0.3, -0.25) is 9.59 Å². The van der Waals surface area contributed by atoms with Crippen LogP contribution in [0.25, 0.3) is 0 Å². The zero-order valence-corrected chi connectivity index (χ0v) is 14.7. The number of nitrogens with one attached hydrogen (secondary N) is 1. The monoisotopic (exact) mass is 346 g/mol. The van der Waals surface area contributed by atoms with Gasteiger partial charge in [0.05, 0.1) is 13.2 Å². The van der Waals surface area contributed by atoms with Crippen molar-refractivity contribution in [3.63, 3.8) is 0 Å². The summed E-state index contributed by atoms with van der Waals surface area (Å²) in [6, 6.07) is 7.00. The Labute approximate surface area is 148 Å². The molecule has 1 N–H and O–H groups in total. The molecule has 2 saturated heterocycles. The first kappa shape index (κ1) is 18.0. The Morgan fingerprint density at radius 2 is 1.76 bits per heavy atom. The van der Waals surface area contributed by atoms with E-state index in [1.165, 1.54) is 6.92 Å². The van der Waals surface area contributed by atoms with E-state index in [9.17, 15) is 9.59 Å². The van der Waals surface area contributed by atoms with E-state index in [2.05, 4.69) is 10.2 Å². The summed E-state index contributed by atoms with van der Waals surface area (Å²) in [6.07, 6.45) is 2.55. The molecular weight excluding hydrogens is 320 g/mol. The van der Waals surface area contributed by atoms with E-state index in [-0.39, 0.29) is 18.0 Å². The van der Waals surface area contributed by atoms with E-state index in [0.29, 0.717) is 31.1 Å². The predicted molar refractivity (Wildman–Crippen MR) is 94.5 cm³/mol. The van der Waals surface area contributed by atoms with Crippen LogP contribution in [-0.2, 0) is 14.3 Å². The normalized spacial score (nSPS) is 19.9. The predicted octanol–water partition coefficient (Wildman–Crippen LogP) is 2.30. The number of amides is 1. The van der Waals surface area contributed by atoms with E-state index < -0.39 is 0 Å². The molecule has 0 aromatic heterocycles. The van der Waals surface area contributed by atoms with Gasteiger partial charge in [0.1, 0.15) is 0 Å². The Morgan fingerprint density at radius 1 is 1.12 bits per heavy atom. The van der Waals surface area contributed by atoms with Gasteiger partial charge in [-0.25, -0.2) is 0 Å². The maximum atomic E-state index is 12.1. The van der Waals surface area contributed by atoms with Crippen molar-refractivity contribution in [1.29, 1.82) is 0 Å². The number of ketones is 1. The molecule has 0 aliphatic carbocycles. The molecule has 0 spiro atoms. The van der Waals surface area contributed by atoms with Crippen LogP contribution in [0.2, 0.25) is 0 Å². The summed E-state index contributed by atoms with van der Waals surface area (Å²) in [5.74, 6) is 0.502. The zero-order valence-electron chi connectivity index (χ0n) is 14.7. The summed E-state index contributed by atoms with van der Waals surface area (Å²) in [4.78, 5) is 25.7. The summed E-state index contributed by atoms with van der Waals surface area (Å²) in [6.45, 7) is 5.66. The van der Waals surface area contributed by atoms with Gasteiger partial charge in [0, 0.05) is 30.1 Å². The van der Waals surface area contributed by atoms with Gasteiger partial charge in [-0.1, -0.05) is 0 Å². The SMILES string of the molecule is CC(=O)c1ccc(NC(=O)CCN2CCC(C3OCCO3)CC2)cc1. The first-order valence-corrected chi connectivity index (χ1v) is 8.98. The number of Topliss-reactive ketones (excluding diaryl/α,β-unsaturated/α-hetero) is 1. The molecule has 2 aliphatic rings. The van der Waals surface area contributed by atoms with Crippen LogP contribution in [0.15, 0.2) is 24.3 Å². The van der Waals surface area contributed by atoms with Gasteiger partial charge < -0.3 is 19.7 Å². The van der Waals surface area contributed by atoms with Gasteiger partial charge in [0.25, 0.3) is 0 Å². The van der Waals surface area contributed by atoms with Crippen molar-refractivity contribution < 1.29 is 19.1 Å². The van der Waals surface area contributed by atoms with Crippen molar-refractivity contribution in [3.05, 3.63) is 29.8 Å². The number of hydrogen-bond donors (Lipinski definition) is 1. The van der Waals surface area contributed by atoms with E-state index in [1.54, 1.807) is 24.3 Å². The van der Waals surface area contributed by atoms with Crippen LogP contribution in [-0.4, -0.2) is 55.7 Å². The highest BCUT2D eigenvalue weighted by atomic mass is 16.7. The second-order valence-corrected chi connectivity index (χ2v) is 6.72. The van der Waals surface area contributed by atoms with Gasteiger partial charge in [-0.2, -0.15) is 0 Å². The van der Waals surface area contributed by atoms with Crippen LogP contribution in [0.3, 0.4) is 0 Å². The van der Waals surface area contributed by atoms with Gasteiger partial charge in [-0.15, -0.1) is 0 Å². The fourth-order valence-corrected chi connectivity index (χ4v) is 3.37. The van der Waals surface area contributed by atoms with Crippen LogP contribution >= 0.6 is 0 Å². The lowest BCUT2D eigenvalue weighted by atomic mass is 9.96. The molecule has 0 bridgehead atoms. The lowest BCUT2D eigenvalue weighted by molar-refractivity contribution is -0.117. The number of rotatable bonds is 6. The molecule has 0 unspecified atom stereocenters. The molecule has 25 heavy (non-hydrogen) atoms. The number of nitrogens with zero attached hydrogens (tertiary/aromatic N) is 1. The standard InChI is InChI=1S/C19H26N2O4/c1-14(22)15-2-4-17(5-3-15)20-18(23)8-11-21-9-6-16(7-10-21)19-24-12-13-25-19/h2-5,16,19H,6-13H2,1H3,(H,20,23). The van der Waals surface area contributed by atoms with Gasteiger partial charge >= 0.3 is 0 Å². The molecule has 2 fully saturated rings. The van der Waals surface area contributed by atoms with Gasteiger partial charge in [-0.05, 0) is 57.1 Å². The second-order valence-electron chi connectivity index (χ2n) is 6.72. The number of piperidine rings is 1. The van der Waals surface area contributed by atoms with Crippen molar-refractivity contribution in [2.45, 2.75) is 32.5 Å². The highest BCUT2D eigenvalue weighted by Crippen LogP contribution is 2.25. The maximum absolute atomic E-state index is 12.1. The number of benzene rings is 1. The third-order valence-corrected chi connectivity index (χ3v) is 4.89. The zero-order chi connectivity index (χ0) is 17.6. The van der Waals surface area contributed by atoms with Crippen LogP contribution in [0.5, 0.6) is 0 Å². The highest BCUT2D eigenvalue weighted by molar-refractivity contribution is 5.95.